The molecule has 0 aliphatic carbocycles. The second-order valence-electron chi connectivity index (χ2n) is 4.61. The van der Waals surface area contributed by atoms with Crippen molar-refractivity contribution in [3.05, 3.63) is 28.8 Å². The predicted molar refractivity (Wildman–Crippen MR) is 69.7 cm³/mol. The van der Waals surface area contributed by atoms with Gasteiger partial charge in [0.05, 0.1) is 23.1 Å². The molecule has 0 heterocycles. The van der Waals surface area contributed by atoms with Gasteiger partial charge in [-0.1, -0.05) is 11.6 Å². The van der Waals surface area contributed by atoms with E-state index in [1.165, 1.54) is 25.3 Å². The highest BCUT2D eigenvalue weighted by Gasteiger charge is 2.30. The topological polar surface area (TPSA) is 72.8 Å². The van der Waals surface area contributed by atoms with Crippen LogP contribution in [0.3, 0.4) is 0 Å². The zero-order valence-electron chi connectivity index (χ0n) is 10.9. The van der Waals surface area contributed by atoms with Crippen LogP contribution >= 0.6 is 11.6 Å². The minimum Gasteiger partial charge on any atom is -0.491 e. The van der Waals surface area contributed by atoms with E-state index in [0.717, 1.165) is 0 Å². The molecular formula is C13H15ClO5. The Kier molecular flexibility index (Phi) is 4.78. The maximum Gasteiger partial charge on any atom is 0.335 e. The number of carboxylic acid groups (broad SMARTS) is 1. The number of hydrogen-bond acceptors (Lipinski definition) is 4. The van der Waals surface area contributed by atoms with Crippen LogP contribution in [0.25, 0.3) is 0 Å². The number of carbonyl (C=O) groups excluding carboxylic acids is 1. The third-order valence-electron chi connectivity index (χ3n) is 2.51. The average molecular weight is 287 g/mol. The van der Waals surface area contributed by atoms with Crippen LogP contribution in [0.2, 0.25) is 5.02 Å². The zero-order chi connectivity index (χ0) is 14.6. The highest BCUT2D eigenvalue weighted by molar-refractivity contribution is 6.32. The summed E-state index contributed by atoms with van der Waals surface area (Å²) in [7, 11) is 1.30. The number of hydrogen-bond donors (Lipinski definition) is 1. The molecule has 1 aromatic carbocycles. The SMILES string of the molecule is COC(=O)C(C)(C)COc1ccc(C(=O)O)cc1Cl. The molecule has 1 aromatic rings. The number of esters is 1. The summed E-state index contributed by atoms with van der Waals surface area (Å²) >= 11 is 5.91. The van der Waals surface area contributed by atoms with Gasteiger partial charge >= 0.3 is 11.9 Å². The summed E-state index contributed by atoms with van der Waals surface area (Å²) in [6.45, 7) is 3.43. The Morgan fingerprint density at radius 2 is 2.00 bits per heavy atom. The Hall–Kier alpha value is -1.75. The Balaban J connectivity index is 2.79. The van der Waals surface area contributed by atoms with Crippen LogP contribution in [0.15, 0.2) is 18.2 Å². The smallest absolute Gasteiger partial charge is 0.335 e. The van der Waals surface area contributed by atoms with E-state index in [9.17, 15) is 9.59 Å². The third kappa shape index (κ3) is 3.86. The second-order valence-corrected chi connectivity index (χ2v) is 5.02. The van der Waals surface area contributed by atoms with Crippen LogP contribution in [0, 0.1) is 5.41 Å². The summed E-state index contributed by atoms with van der Waals surface area (Å²) in [5.41, 5.74) is -0.742. The van der Waals surface area contributed by atoms with Gasteiger partial charge in [0.25, 0.3) is 0 Å². The lowest BCUT2D eigenvalue weighted by molar-refractivity contribution is -0.152. The van der Waals surface area contributed by atoms with E-state index in [4.69, 9.17) is 21.4 Å². The van der Waals surface area contributed by atoms with Crippen molar-refractivity contribution in [2.24, 2.45) is 5.41 Å². The third-order valence-corrected chi connectivity index (χ3v) is 2.80. The van der Waals surface area contributed by atoms with E-state index in [1.807, 2.05) is 0 Å². The lowest BCUT2D eigenvalue weighted by Crippen LogP contribution is -2.32. The first-order valence-electron chi connectivity index (χ1n) is 5.52. The van der Waals surface area contributed by atoms with Gasteiger partial charge in [-0.3, -0.25) is 4.79 Å². The lowest BCUT2D eigenvalue weighted by atomic mass is 9.95. The van der Waals surface area contributed by atoms with Gasteiger partial charge in [-0.25, -0.2) is 4.79 Å². The molecule has 0 unspecified atom stereocenters. The van der Waals surface area contributed by atoms with Crippen LogP contribution in [0.4, 0.5) is 0 Å². The second kappa shape index (κ2) is 5.93. The van der Waals surface area contributed by atoms with Gasteiger partial charge in [-0.2, -0.15) is 0 Å². The summed E-state index contributed by atoms with van der Waals surface area (Å²) in [6.07, 6.45) is 0. The highest BCUT2D eigenvalue weighted by atomic mass is 35.5. The monoisotopic (exact) mass is 286 g/mol. The predicted octanol–water partition coefficient (Wildman–Crippen LogP) is 2.62. The number of rotatable bonds is 5. The molecule has 1 rings (SSSR count). The molecule has 0 fully saturated rings. The first-order valence-corrected chi connectivity index (χ1v) is 5.90. The Labute approximate surface area is 116 Å². The fraction of sp³-hybridized carbons (Fsp3) is 0.385. The molecule has 0 bridgehead atoms. The van der Waals surface area contributed by atoms with Gasteiger partial charge in [0.1, 0.15) is 12.4 Å². The van der Waals surface area contributed by atoms with Gasteiger partial charge in [0.2, 0.25) is 0 Å². The Bertz CT molecular complexity index is 496. The molecule has 0 saturated carbocycles. The maximum atomic E-state index is 11.5. The van der Waals surface area contributed by atoms with Crippen LogP contribution in [0.1, 0.15) is 24.2 Å². The van der Waals surface area contributed by atoms with Crippen molar-refractivity contribution in [3.8, 4) is 5.75 Å². The molecule has 0 spiro atoms. The Morgan fingerprint density at radius 1 is 1.37 bits per heavy atom. The van der Waals surface area contributed by atoms with Crippen LogP contribution in [-0.2, 0) is 9.53 Å². The first-order chi connectivity index (χ1) is 8.77. The van der Waals surface area contributed by atoms with Crippen molar-refractivity contribution in [3.63, 3.8) is 0 Å². The van der Waals surface area contributed by atoms with E-state index < -0.39 is 17.4 Å². The first kappa shape index (κ1) is 15.3. The number of methoxy groups -OCH3 is 1. The largest absolute Gasteiger partial charge is 0.491 e. The summed E-state index contributed by atoms with van der Waals surface area (Å²) in [5, 5.41) is 8.98. The summed E-state index contributed by atoms with van der Waals surface area (Å²) in [6, 6.07) is 4.14. The minimum absolute atomic E-state index is 0.0737. The average Bonchev–Trinajstić information content (AvgIpc) is 2.36. The standard InChI is InChI=1S/C13H15ClO5/c1-13(2,12(17)18-3)7-19-10-5-4-8(11(15)16)6-9(10)14/h4-6H,7H2,1-3H3,(H,15,16). The number of aromatic carboxylic acids is 1. The van der Waals surface area contributed by atoms with E-state index >= 15 is 0 Å². The van der Waals surface area contributed by atoms with Crippen LogP contribution in [-0.4, -0.2) is 30.8 Å². The zero-order valence-corrected chi connectivity index (χ0v) is 11.7. The van der Waals surface area contributed by atoms with Gasteiger partial charge in [0.15, 0.2) is 0 Å². The molecule has 0 aliphatic rings. The Morgan fingerprint density at radius 3 is 2.47 bits per heavy atom. The normalized spacial score (nSPS) is 10.9. The van der Waals surface area contributed by atoms with E-state index in [2.05, 4.69) is 4.74 Å². The van der Waals surface area contributed by atoms with Crippen molar-refractivity contribution in [1.82, 2.24) is 0 Å². The summed E-state index contributed by atoms with van der Waals surface area (Å²) in [5.74, 6) is -1.14. The van der Waals surface area contributed by atoms with Gasteiger partial charge in [-0.15, -0.1) is 0 Å². The molecule has 0 aliphatic heterocycles. The van der Waals surface area contributed by atoms with Gasteiger partial charge in [-0.05, 0) is 32.0 Å². The number of carboxylic acids is 1. The molecule has 19 heavy (non-hydrogen) atoms. The molecule has 0 amide bonds. The highest BCUT2D eigenvalue weighted by Crippen LogP contribution is 2.28. The summed E-state index contributed by atoms with van der Waals surface area (Å²) in [4.78, 5) is 22.2. The molecule has 0 saturated heterocycles. The molecule has 0 atom stereocenters. The van der Waals surface area contributed by atoms with Crippen molar-refractivity contribution >= 4 is 23.5 Å². The maximum absolute atomic E-state index is 11.5. The van der Waals surface area contributed by atoms with Crippen LogP contribution in [0.5, 0.6) is 5.75 Å². The fourth-order valence-electron chi connectivity index (χ4n) is 1.34. The van der Waals surface area contributed by atoms with Crippen molar-refractivity contribution in [2.45, 2.75) is 13.8 Å². The minimum atomic E-state index is -1.07. The molecule has 0 aromatic heterocycles. The van der Waals surface area contributed by atoms with E-state index in [0.29, 0.717) is 5.75 Å². The van der Waals surface area contributed by atoms with Gasteiger partial charge in [0, 0.05) is 0 Å². The van der Waals surface area contributed by atoms with Crippen molar-refractivity contribution in [2.75, 3.05) is 13.7 Å². The number of halogens is 1. The number of ether oxygens (including phenoxy) is 2. The summed E-state index contributed by atoms with van der Waals surface area (Å²) < 4.78 is 10.1. The molecule has 104 valence electrons. The fourth-order valence-corrected chi connectivity index (χ4v) is 1.58. The molecule has 5 nitrogen and oxygen atoms in total. The van der Waals surface area contributed by atoms with E-state index in [-0.39, 0.29) is 17.2 Å². The number of benzene rings is 1. The van der Waals surface area contributed by atoms with Crippen LogP contribution < -0.4 is 4.74 Å². The van der Waals surface area contributed by atoms with Gasteiger partial charge < -0.3 is 14.6 Å². The molecule has 0 radical (unpaired) electrons. The quantitative estimate of drug-likeness (QED) is 0.842. The van der Waals surface area contributed by atoms with Crippen molar-refractivity contribution in [1.29, 1.82) is 0 Å². The number of carbonyl (C=O) groups is 2. The molecular weight excluding hydrogens is 272 g/mol. The van der Waals surface area contributed by atoms with E-state index in [1.54, 1.807) is 13.8 Å². The van der Waals surface area contributed by atoms with Crippen molar-refractivity contribution < 1.29 is 24.2 Å². The molecule has 1 N–H and O–H groups in total. The molecule has 6 heteroatoms. The lowest BCUT2D eigenvalue weighted by Gasteiger charge is -2.22.